The van der Waals surface area contributed by atoms with E-state index < -0.39 is 41.6 Å². The van der Waals surface area contributed by atoms with Gasteiger partial charge in [0, 0.05) is 43.5 Å². The number of hydrogen-bond donors (Lipinski definition) is 0. The van der Waals surface area contributed by atoms with E-state index in [0.717, 1.165) is 25.5 Å². The molecular formula is C31H34F6N6O2. The first-order valence-electron chi connectivity index (χ1n) is 14.8. The summed E-state index contributed by atoms with van der Waals surface area (Å²) in [6.07, 6.45) is -5.96. The molecule has 0 N–H and O–H groups in total. The number of piperazine rings is 1. The van der Waals surface area contributed by atoms with E-state index in [4.69, 9.17) is 4.74 Å². The first-order chi connectivity index (χ1) is 21.3. The smallest absolute Gasteiger partial charge is 0.379 e. The van der Waals surface area contributed by atoms with Crippen LogP contribution in [-0.4, -0.2) is 76.4 Å². The molecule has 4 heterocycles. The van der Waals surface area contributed by atoms with Crippen LogP contribution in [0, 0.1) is 5.92 Å². The Morgan fingerprint density at radius 2 is 1.84 bits per heavy atom. The van der Waals surface area contributed by atoms with E-state index in [9.17, 15) is 26.7 Å². The number of fused-ring (bicyclic) bond motifs is 1. The van der Waals surface area contributed by atoms with Crippen molar-refractivity contribution in [3.05, 3.63) is 76.4 Å². The second-order valence-electron chi connectivity index (χ2n) is 12.5. The van der Waals surface area contributed by atoms with Crippen LogP contribution < -0.4 is 4.90 Å². The van der Waals surface area contributed by atoms with Gasteiger partial charge in [-0.2, -0.15) is 22.0 Å². The number of halogens is 6. The number of rotatable bonds is 8. The number of hydrogen-bond acceptors (Lipinski definition) is 6. The zero-order chi connectivity index (χ0) is 32.3. The first kappa shape index (κ1) is 31.5. The van der Waals surface area contributed by atoms with Crippen LogP contribution in [0.3, 0.4) is 0 Å². The van der Waals surface area contributed by atoms with Crippen molar-refractivity contribution in [1.82, 2.24) is 24.6 Å². The van der Waals surface area contributed by atoms with E-state index >= 15 is 4.39 Å². The number of amides is 1. The number of alkyl halides is 6. The number of carbonyl (C=O) groups excluding carboxylic acids is 1. The number of nitrogens with zero attached hydrogens (tertiary/aromatic N) is 6. The minimum atomic E-state index is -4.69. The normalized spacial score (nSPS) is 21.4. The maximum Gasteiger partial charge on any atom is 0.416 e. The quantitative estimate of drug-likeness (QED) is 0.300. The molecule has 242 valence electrons. The molecule has 0 aliphatic carbocycles. The summed E-state index contributed by atoms with van der Waals surface area (Å²) < 4.78 is 91.8. The lowest BCUT2D eigenvalue weighted by Gasteiger charge is -2.44. The fraction of sp³-hybridized carbons (Fsp3) is 0.516. The first-order valence-corrected chi connectivity index (χ1v) is 14.8. The molecule has 6 rings (SSSR count). The summed E-state index contributed by atoms with van der Waals surface area (Å²) in [5.41, 5.74) is -1.36. The third-order valence-corrected chi connectivity index (χ3v) is 9.27. The molecule has 1 aromatic heterocycles. The predicted octanol–water partition coefficient (Wildman–Crippen LogP) is 5.60. The minimum absolute atomic E-state index is 0.0180. The number of aromatic nitrogens is 3. The molecule has 3 aromatic rings. The molecule has 2 saturated heterocycles. The Morgan fingerprint density at radius 1 is 1.09 bits per heavy atom. The summed E-state index contributed by atoms with van der Waals surface area (Å²) in [5.74, 6) is -0.874. The Morgan fingerprint density at radius 3 is 2.49 bits per heavy atom. The van der Waals surface area contributed by atoms with E-state index in [1.807, 2.05) is 7.05 Å². The molecule has 45 heavy (non-hydrogen) atoms. The molecule has 3 aliphatic heterocycles. The predicted molar refractivity (Wildman–Crippen MR) is 153 cm³/mol. The molecule has 8 nitrogen and oxygen atoms in total. The lowest BCUT2D eigenvalue weighted by atomic mass is 9.74. The maximum absolute atomic E-state index is 15.9. The van der Waals surface area contributed by atoms with Gasteiger partial charge < -0.3 is 14.5 Å². The highest BCUT2D eigenvalue weighted by Crippen LogP contribution is 2.47. The minimum Gasteiger partial charge on any atom is -0.379 e. The SMILES string of the molecule is CC(C)[C@H]1CN(C)CCN1Cc1cc2c(c(C(F)(F)F)c1)CN(c1cccc(C3([C@@H](F)c4nncn4C(F)F)COC3)c1)C2=O. The van der Waals surface area contributed by atoms with Gasteiger partial charge in [0.15, 0.2) is 12.0 Å². The molecule has 0 spiro atoms. The number of anilines is 1. The van der Waals surface area contributed by atoms with Crippen molar-refractivity contribution in [3.8, 4) is 0 Å². The van der Waals surface area contributed by atoms with Crippen LogP contribution in [0.2, 0.25) is 0 Å². The van der Waals surface area contributed by atoms with Gasteiger partial charge in [0.05, 0.1) is 30.7 Å². The van der Waals surface area contributed by atoms with Gasteiger partial charge in [-0.3, -0.25) is 14.3 Å². The van der Waals surface area contributed by atoms with E-state index in [-0.39, 0.29) is 55.1 Å². The van der Waals surface area contributed by atoms with Crippen LogP contribution in [0.4, 0.5) is 32.0 Å². The fourth-order valence-corrected chi connectivity index (χ4v) is 6.67. The summed E-state index contributed by atoms with van der Waals surface area (Å²) in [4.78, 5) is 19.4. The van der Waals surface area contributed by atoms with Crippen molar-refractivity contribution >= 4 is 11.6 Å². The van der Waals surface area contributed by atoms with E-state index in [1.54, 1.807) is 24.3 Å². The van der Waals surface area contributed by atoms with Gasteiger partial charge in [-0.1, -0.05) is 26.0 Å². The molecular weight excluding hydrogens is 602 g/mol. The van der Waals surface area contributed by atoms with Gasteiger partial charge in [-0.15, -0.1) is 10.2 Å². The average molecular weight is 637 g/mol. The molecule has 0 saturated carbocycles. The molecule has 0 unspecified atom stereocenters. The Labute approximate surface area is 256 Å². The largest absolute Gasteiger partial charge is 0.416 e. The summed E-state index contributed by atoms with van der Waals surface area (Å²) in [6.45, 7) is 3.06. The summed E-state index contributed by atoms with van der Waals surface area (Å²) in [7, 11) is 2.02. The van der Waals surface area contributed by atoms with E-state index in [0.29, 0.717) is 22.2 Å². The van der Waals surface area contributed by atoms with E-state index in [1.165, 1.54) is 11.0 Å². The zero-order valence-electron chi connectivity index (χ0n) is 25.1. The maximum atomic E-state index is 15.9. The van der Waals surface area contributed by atoms with E-state index in [2.05, 4.69) is 33.8 Å². The van der Waals surface area contributed by atoms with Gasteiger partial charge >= 0.3 is 12.7 Å². The summed E-state index contributed by atoms with van der Waals surface area (Å²) in [6, 6.07) is 9.06. The molecule has 2 atom stereocenters. The van der Waals surface area contributed by atoms with Crippen LogP contribution >= 0.6 is 0 Å². The van der Waals surface area contributed by atoms with Crippen LogP contribution in [-0.2, 0) is 29.4 Å². The zero-order valence-corrected chi connectivity index (χ0v) is 25.1. The molecule has 14 heteroatoms. The van der Waals surface area contributed by atoms with Gasteiger partial charge in [-0.05, 0) is 53.9 Å². The fourth-order valence-electron chi connectivity index (χ4n) is 6.67. The van der Waals surface area contributed by atoms with Crippen LogP contribution in [0.1, 0.15) is 65.0 Å². The van der Waals surface area contributed by atoms with Crippen LogP contribution in [0.5, 0.6) is 0 Å². The standard InChI is InChI=1S/C31H34F6N6O2/c1-18(2)25-14-40(3)7-8-41(25)12-19-9-22-23(24(10-19)31(35,36)37)13-42(28(22)44)21-6-4-5-20(11-21)30(15-45-16-30)26(32)27-39-38-17-43(27)29(33)34/h4-6,9-11,17-18,25-26,29H,7-8,12-16H2,1-3H3/t25-,26+/m1/s1. The number of likely N-dealkylation sites (N-methyl/N-ethyl adjacent to an activating group) is 1. The number of ether oxygens (including phenoxy) is 1. The van der Waals surface area contributed by atoms with Crippen molar-refractivity contribution in [2.75, 3.05) is 44.8 Å². The monoisotopic (exact) mass is 636 g/mol. The molecule has 0 radical (unpaired) electrons. The van der Waals surface area contributed by atoms with Crippen molar-refractivity contribution in [2.24, 2.45) is 5.92 Å². The van der Waals surface area contributed by atoms with Gasteiger partial charge in [0.1, 0.15) is 6.33 Å². The molecule has 2 fully saturated rings. The number of carbonyl (C=O) groups is 1. The Hall–Kier alpha value is -3.49. The highest BCUT2D eigenvalue weighted by atomic mass is 19.4. The lowest BCUT2D eigenvalue weighted by Crippen LogP contribution is -2.53. The third-order valence-electron chi connectivity index (χ3n) is 9.27. The van der Waals surface area contributed by atoms with Crippen molar-refractivity contribution in [2.45, 2.75) is 57.3 Å². The number of benzene rings is 2. The van der Waals surface area contributed by atoms with Crippen molar-refractivity contribution in [3.63, 3.8) is 0 Å². The van der Waals surface area contributed by atoms with Gasteiger partial charge in [-0.25, -0.2) is 4.39 Å². The van der Waals surface area contributed by atoms with Crippen molar-refractivity contribution in [1.29, 1.82) is 0 Å². The van der Waals surface area contributed by atoms with Gasteiger partial charge in [0.2, 0.25) is 0 Å². The summed E-state index contributed by atoms with van der Waals surface area (Å²) in [5, 5.41) is 7.01. The second kappa shape index (κ2) is 11.7. The Balaban J connectivity index is 1.32. The van der Waals surface area contributed by atoms with Crippen LogP contribution in [0.25, 0.3) is 0 Å². The van der Waals surface area contributed by atoms with Crippen molar-refractivity contribution < 1.29 is 35.9 Å². The Bertz CT molecular complexity index is 1570. The van der Waals surface area contributed by atoms with Gasteiger partial charge in [0.25, 0.3) is 5.91 Å². The lowest BCUT2D eigenvalue weighted by molar-refractivity contribution is -0.138. The highest BCUT2D eigenvalue weighted by Gasteiger charge is 2.51. The molecule has 3 aliphatic rings. The molecule has 1 amide bonds. The highest BCUT2D eigenvalue weighted by molar-refractivity contribution is 6.10. The van der Waals surface area contributed by atoms with Crippen LogP contribution in [0.15, 0.2) is 42.7 Å². The Kier molecular flexibility index (Phi) is 8.19. The second-order valence-corrected chi connectivity index (χ2v) is 12.5. The average Bonchev–Trinajstić information content (AvgIpc) is 3.58. The summed E-state index contributed by atoms with van der Waals surface area (Å²) >= 11 is 0. The molecule has 2 aromatic carbocycles. The molecule has 0 bridgehead atoms. The topological polar surface area (TPSA) is 66.7 Å². The third kappa shape index (κ3) is 5.61.